The Bertz CT molecular complexity index is 388. The van der Waals surface area contributed by atoms with Crippen LogP contribution in [0.15, 0.2) is 24.3 Å². The number of benzene rings is 1. The standard InChI is InChI=1S/C13H16O3/c1-9(2)10-3-5-11(6-4-10)16-13(7-8-13)12(14)15/h3-6,9H,7-8H2,1-2H3,(H,14,15). The second-order valence-corrected chi connectivity index (χ2v) is 4.63. The van der Waals surface area contributed by atoms with Crippen LogP contribution in [-0.4, -0.2) is 16.7 Å². The van der Waals surface area contributed by atoms with Crippen molar-refractivity contribution in [2.45, 2.75) is 38.2 Å². The monoisotopic (exact) mass is 220 g/mol. The molecule has 0 unspecified atom stereocenters. The topological polar surface area (TPSA) is 46.5 Å². The van der Waals surface area contributed by atoms with Gasteiger partial charge in [0.05, 0.1) is 0 Å². The summed E-state index contributed by atoms with van der Waals surface area (Å²) in [5.41, 5.74) is 0.284. The molecule has 1 fully saturated rings. The van der Waals surface area contributed by atoms with Crippen molar-refractivity contribution in [3.63, 3.8) is 0 Å². The first kappa shape index (κ1) is 11.0. The smallest absolute Gasteiger partial charge is 0.348 e. The largest absolute Gasteiger partial charge is 0.478 e. The van der Waals surface area contributed by atoms with Crippen LogP contribution in [0.25, 0.3) is 0 Å². The quantitative estimate of drug-likeness (QED) is 0.848. The molecule has 1 aliphatic carbocycles. The molecule has 1 aromatic carbocycles. The minimum absolute atomic E-state index is 0.475. The summed E-state index contributed by atoms with van der Waals surface area (Å²) < 4.78 is 5.51. The first-order valence-corrected chi connectivity index (χ1v) is 5.56. The highest BCUT2D eigenvalue weighted by Crippen LogP contribution is 2.40. The Morgan fingerprint density at radius 2 is 1.88 bits per heavy atom. The van der Waals surface area contributed by atoms with Crippen LogP contribution in [0.5, 0.6) is 5.75 Å². The van der Waals surface area contributed by atoms with Crippen LogP contribution in [0.4, 0.5) is 0 Å². The molecule has 3 heteroatoms. The number of carboxylic acid groups (broad SMARTS) is 1. The Morgan fingerprint density at radius 3 is 2.25 bits per heavy atom. The van der Waals surface area contributed by atoms with Crippen LogP contribution in [0.2, 0.25) is 0 Å². The van der Waals surface area contributed by atoms with Gasteiger partial charge in [0, 0.05) is 12.8 Å². The minimum Gasteiger partial charge on any atom is -0.478 e. The lowest BCUT2D eigenvalue weighted by Gasteiger charge is -2.14. The molecule has 0 radical (unpaired) electrons. The van der Waals surface area contributed by atoms with E-state index in [0.29, 0.717) is 24.5 Å². The van der Waals surface area contributed by atoms with Gasteiger partial charge < -0.3 is 9.84 Å². The van der Waals surface area contributed by atoms with Crippen molar-refractivity contribution in [3.05, 3.63) is 29.8 Å². The van der Waals surface area contributed by atoms with Gasteiger partial charge in [-0.15, -0.1) is 0 Å². The number of carboxylic acids is 1. The normalized spacial score (nSPS) is 17.2. The average molecular weight is 220 g/mol. The summed E-state index contributed by atoms with van der Waals surface area (Å²) in [6.45, 7) is 4.24. The van der Waals surface area contributed by atoms with Crippen LogP contribution in [0.1, 0.15) is 38.2 Å². The number of aliphatic carboxylic acids is 1. The molecular weight excluding hydrogens is 204 g/mol. The van der Waals surface area contributed by atoms with Gasteiger partial charge in [0.2, 0.25) is 5.60 Å². The molecular formula is C13H16O3. The molecule has 0 spiro atoms. The molecule has 0 heterocycles. The van der Waals surface area contributed by atoms with Gasteiger partial charge in [-0.2, -0.15) is 0 Å². The maximum atomic E-state index is 10.9. The molecule has 0 bridgehead atoms. The fourth-order valence-electron chi connectivity index (χ4n) is 1.62. The van der Waals surface area contributed by atoms with Gasteiger partial charge in [0.15, 0.2) is 0 Å². The Morgan fingerprint density at radius 1 is 1.31 bits per heavy atom. The third kappa shape index (κ3) is 2.03. The average Bonchev–Trinajstić information content (AvgIpc) is 3.00. The molecule has 3 nitrogen and oxygen atoms in total. The molecule has 0 atom stereocenters. The summed E-state index contributed by atoms with van der Waals surface area (Å²) in [6, 6.07) is 7.66. The van der Waals surface area contributed by atoms with E-state index in [9.17, 15) is 4.79 Å². The molecule has 0 saturated heterocycles. The van der Waals surface area contributed by atoms with Gasteiger partial charge in [0.1, 0.15) is 5.75 Å². The van der Waals surface area contributed by atoms with E-state index in [2.05, 4.69) is 13.8 Å². The van der Waals surface area contributed by atoms with E-state index in [1.165, 1.54) is 5.56 Å². The van der Waals surface area contributed by atoms with Crippen molar-refractivity contribution < 1.29 is 14.6 Å². The summed E-state index contributed by atoms with van der Waals surface area (Å²) in [6.07, 6.45) is 1.21. The van der Waals surface area contributed by atoms with Crippen molar-refractivity contribution in [1.82, 2.24) is 0 Å². The maximum Gasteiger partial charge on any atom is 0.348 e. The van der Waals surface area contributed by atoms with Gasteiger partial charge in [-0.25, -0.2) is 4.79 Å². The van der Waals surface area contributed by atoms with Crippen LogP contribution < -0.4 is 4.74 Å². The lowest BCUT2D eigenvalue weighted by molar-refractivity contribution is -0.147. The second-order valence-electron chi connectivity index (χ2n) is 4.63. The van der Waals surface area contributed by atoms with Gasteiger partial charge in [-0.3, -0.25) is 0 Å². The molecule has 1 aromatic rings. The summed E-state index contributed by atoms with van der Waals surface area (Å²) in [4.78, 5) is 10.9. The van der Waals surface area contributed by atoms with Crippen LogP contribution in [0.3, 0.4) is 0 Å². The molecule has 0 aromatic heterocycles. The Balaban J connectivity index is 2.09. The van der Waals surface area contributed by atoms with Crippen molar-refractivity contribution >= 4 is 5.97 Å². The van der Waals surface area contributed by atoms with E-state index in [0.717, 1.165) is 0 Å². The highest BCUT2D eigenvalue weighted by molar-refractivity contribution is 5.81. The lowest BCUT2D eigenvalue weighted by atomic mass is 10.0. The summed E-state index contributed by atoms with van der Waals surface area (Å²) in [7, 11) is 0. The van der Waals surface area contributed by atoms with Crippen molar-refractivity contribution in [3.8, 4) is 5.75 Å². The van der Waals surface area contributed by atoms with Crippen LogP contribution >= 0.6 is 0 Å². The third-order valence-corrected chi connectivity index (χ3v) is 2.95. The Hall–Kier alpha value is -1.51. The molecule has 0 aliphatic heterocycles. The third-order valence-electron chi connectivity index (χ3n) is 2.95. The number of rotatable bonds is 4. The zero-order chi connectivity index (χ0) is 11.8. The summed E-state index contributed by atoms with van der Waals surface area (Å²) >= 11 is 0. The predicted octanol–water partition coefficient (Wildman–Crippen LogP) is 2.81. The van der Waals surface area contributed by atoms with Crippen LogP contribution in [0, 0.1) is 0 Å². The van der Waals surface area contributed by atoms with Gasteiger partial charge in [0.25, 0.3) is 0 Å². The fourth-order valence-corrected chi connectivity index (χ4v) is 1.62. The number of hydrogen-bond acceptors (Lipinski definition) is 2. The van der Waals surface area contributed by atoms with Gasteiger partial charge >= 0.3 is 5.97 Å². The minimum atomic E-state index is -0.945. The van der Waals surface area contributed by atoms with E-state index in [-0.39, 0.29) is 0 Å². The SMILES string of the molecule is CC(C)c1ccc(OC2(C(=O)O)CC2)cc1. The van der Waals surface area contributed by atoms with E-state index >= 15 is 0 Å². The Labute approximate surface area is 95.0 Å². The van der Waals surface area contributed by atoms with Crippen molar-refractivity contribution in [2.75, 3.05) is 0 Å². The zero-order valence-electron chi connectivity index (χ0n) is 9.56. The Kier molecular flexibility index (Phi) is 2.62. The molecule has 1 aliphatic rings. The molecule has 0 amide bonds. The first-order chi connectivity index (χ1) is 7.53. The fraction of sp³-hybridized carbons (Fsp3) is 0.462. The number of hydrogen-bond donors (Lipinski definition) is 1. The molecule has 86 valence electrons. The first-order valence-electron chi connectivity index (χ1n) is 5.56. The highest BCUT2D eigenvalue weighted by atomic mass is 16.5. The molecule has 1 N–H and O–H groups in total. The number of ether oxygens (including phenoxy) is 1. The lowest BCUT2D eigenvalue weighted by Crippen LogP contribution is -2.28. The second kappa shape index (κ2) is 3.81. The van der Waals surface area contributed by atoms with Gasteiger partial charge in [-0.05, 0) is 23.6 Å². The van der Waals surface area contributed by atoms with E-state index in [1.807, 2.05) is 24.3 Å². The number of carbonyl (C=O) groups is 1. The molecule has 1 saturated carbocycles. The highest BCUT2D eigenvalue weighted by Gasteiger charge is 2.53. The van der Waals surface area contributed by atoms with E-state index < -0.39 is 11.6 Å². The van der Waals surface area contributed by atoms with E-state index in [4.69, 9.17) is 9.84 Å². The van der Waals surface area contributed by atoms with Crippen molar-refractivity contribution in [1.29, 1.82) is 0 Å². The maximum absolute atomic E-state index is 10.9. The predicted molar refractivity (Wildman–Crippen MR) is 60.8 cm³/mol. The summed E-state index contributed by atoms with van der Waals surface area (Å²) in [5, 5.41) is 8.98. The van der Waals surface area contributed by atoms with Gasteiger partial charge in [-0.1, -0.05) is 26.0 Å². The molecule has 16 heavy (non-hydrogen) atoms. The van der Waals surface area contributed by atoms with Crippen LogP contribution in [-0.2, 0) is 4.79 Å². The summed E-state index contributed by atoms with van der Waals surface area (Å²) in [5.74, 6) is 0.258. The molecule has 2 rings (SSSR count). The van der Waals surface area contributed by atoms with E-state index in [1.54, 1.807) is 0 Å². The zero-order valence-corrected chi connectivity index (χ0v) is 9.56. The van der Waals surface area contributed by atoms with Crippen molar-refractivity contribution in [2.24, 2.45) is 0 Å².